The van der Waals surface area contributed by atoms with Gasteiger partial charge in [0.15, 0.2) is 11.5 Å². The SMILES string of the molecule is COC1=C(C)CCC1=O. The lowest BCUT2D eigenvalue weighted by molar-refractivity contribution is -0.117. The van der Waals surface area contributed by atoms with Crippen molar-refractivity contribution < 1.29 is 9.53 Å². The molecule has 0 fully saturated rings. The molecule has 0 radical (unpaired) electrons. The van der Waals surface area contributed by atoms with Gasteiger partial charge in [-0.15, -0.1) is 0 Å². The standard InChI is InChI=1S/C7H10O2/c1-5-3-4-6(8)7(5)9-2/h3-4H2,1-2H3. The van der Waals surface area contributed by atoms with E-state index in [1.54, 1.807) is 7.11 Å². The maximum atomic E-state index is 10.8. The molecule has 0 aromatic carbocycles. The molecule has 0 N–H and O–H groups in total. The van der Waals surface area contributed by atoms with Crippen LogP contribution in [-0.4, -0.2) is 12.9 Å². The molecule has 0 bridgehead atoms. The van der Waals surface area contributed by atoms with Crippen molar-refractivity contribution in [2.24, 2.45) is 0 Å². The van der Waals surface area contributed by atoms with Crippen LogP contribution in [0.4, 0.5) is 0 Å². The molecule has 0 aromatic heterocycles. The van der Waals surface area contributed by atoms with Crippen LogP contribution in [0.2, 0.25) is 0 Å². The molecule has 0 heterocycles. The third-order valence-corrected chi connectivity index (χ3v) is 1.57. The molecule has 0 aliphatic heterocycles. The summed E-state index contributed by atoms with van der Waals surface area (Å²) >= 11 is 0. The molecule has 0 amide bonds. The largest absolute Gasteiger partial charge is 0.493 e. The van der Waals surface area contributed by atoms with E-state index in [4.69, 9.17) is 4.74 Å². The minimum Gasteiger partial charge on any atom is -0.493 e. The Balaban J connectivity index is 2.82. The van der Waals surface area contributed by atoms with Crippen molar-refractivity contribution in [1.82, 2.24) is 0 Å². The Kier molecular flexibility index (Phi) is 1.56. The molecule has 1 aliphatic rings. The fourth-order valence-corrected chi connectivity index (χ4v) is 1.05. The van der Waals surface area contributed by atoms with Crippen molar-refractivity contribution in [2.45, 2.75) is 19.8 Å². The summed E-state index contributed by atoms with van der Waals surface area (Å²) in [6.45, 7) is 1.93. The van der Waals surface area contributed by atoms with Gasteiger partial charge in [0.25, 0.3) is 0 Å². The first-order chi connectivity index (χ1) is 4.25. The molecule has 50 valence electrons. The number of ketones is 1. The van der Waals surface area contributed by atoms with Crippen molar-refractivity contribution in [2.75, 3.05) is 7.11 Å². The van der Waals surface area contributed by atoms with E-state index in [1.165, 1.54) is 0 Å². The van der Waals surface area contributed by atoms with Gasteiger partial charge < -0.3 is 4.74 Å². The maximum absolute atomic E-state index is 10.8. The van der Waals surface area contributed by atoms with E-state index in [2.05, 4.69) is 0 Å². The van der Waals surface area contributed by atoms with Gasteiger partial charge in [-0.05, 0) is 18.9 Å². The molecule has 1 rings (SSSR count). The van der Waals surface area contributed by atoms with E-state index in [9.17, 15) is 4.79 Å². The van der Waals surface area contributed by atoms with Crippen molar-refractivity contribution in [3.63, 3.8) is 0 Å². The summed E-state index contributed by atoms with van der Waals surface area (Å²) in [6.07, 6.45) is 1.51. The Morgan fingerprint density at radius 2 is 2.11 bits per heavy atom. The number of carbonyl (C=O) groups is 1. The number of allylic oxidation sites excluding steroid dienone is 2. The van der Waals surface area contributed by atoms with Crippen LogP contribution in [0.5, 0.6) is 0 Å². The van der Waals surface area contributed by atoms with Gasteiger partial charge in [-0.1, -0.05) is 0 Å². The molecular weight excluding hydrogens is 116 g/mol. The molecule has 1 aliphatic carbocycles. The van der Waals surface area contributed by atoms with E-state index in [0.717, 1.165) is 12.0 Å². The molecule has 0 unspecified atom stereocenters. The fourth-order valence-electron chi connectivity index (χ4n) is 1.05. The molecule has 0 saturated carbocycles. The van der Waals surface area contributed by atoms with Crippen molar-refractivity contribution in [1.29, 1.82) is 0 Å². The smallest absolute Gasteiger partial charge is 0.197 e. The number of ether oxygens (including phenoxy) is 1. The van der Waals surface area contributed by atoms with Gasteiger partial charge in [-0.3, -0.25) is 4.79 Å². The number of rotatable bonds is 1. The maximum Gasteiger partial charge on any atom is 0.197 e. The average molecular weight is 126 g/mol. The third kappa shape index (κ3) is 0.969. The zero-order chi connectivity index (χ0) is 6.85. The van der Waals surface area contributed by atoms with Gasteiger partial charge in [0.2, 0.25) is 0 Å². The average Bonchev–Trinajstić information content (AvgIpc) is 2.12. The van der Waals surface area contributed by atoms with E-state index in [-0.39, 0.29) is 5.78 Å². The van der Waals surface area contributed by atoms with Gasteiger partial charge in [0, 0.05) is 6.42 Å². The Morgan fingerprint density at radius 1 is 1.44 bits per heavy atom. The minimum absolute atomic E-state index is 0.148. The predicted octanol–water partition coefficient (Wildman–Crippen LogP) is 1.27. The summed E-state index contributed by atoms with van der Waals surface area (Å²) in [5, 5.41) is 0. The Labute approximate surface area is 54.5 Å². The normalized spacial score (nSPS) is 19.1. The summed E-state index contributed by atoms with van der Waals surface area (Å²) in [7, 11) is 1.54. The quantitative estimate of drug-likeness (QED) is 0.529. The lowest BCUT2D eigenvalue weighted by Gasteiger charge is -1.97. The lowest BCUT2D eigenvalue weighted by atomic mass is 10.3. The summed E-state index contributed by atoms with van der Waals surface area (Å²) in [6, 6.07) is 0. The number of carbonyl (C=O) groups excluding carboxylic acids is 1. The second kappa shape index (κ2) is 2.21. The van der Waals surface area contributed by atoms with Crippen LogP contribution in [-0.2, 0) is 9.53 Å². The van der Waals surface area contributed by atoms with Crippen LogP contribution in [0.3, 0.4) is 0 Å². The number of Topliss-reactive ketones (excluding diaryl/α,β-unsaturated/α-hetero) is 1. The summed E-state index contributed by atoms with van der Waals surface area (Å²) in [5.74, 6) is 0.727. The molecule has 9 heavy (non-hydrogen) atoms. The van der Waals surface area contributed by atoms with Crippen LogP contribution in [0.1, 0.15) is 19.8 Å². The lowest BCUT2D eigenvalue weighted by Crippen LogP contribution is -1.97. The molecule has 0 aromatic rings. The molecule has 0 atom stereocenters. The van der Waals surface area contributed by atoms with Gasteiger partial charge in [0.05, 0.1) is 7.11 Å². The third-order valence-electron chi connectivity index (χ3n) is 1.57. The van der Waals surface area contributed by atoms with Crippen LogP contribution >= 0.6 is 0 Å². The van der Waals surface area contributed by atoms with Gasteiger partial charge >= 0.3 is 0 Å². The van der Waals surface area contributed by atoms with E-state index in [0.29, 0.717) is 12.2 Å². The summed E-state index contributed by atoms with van der Waals surface area (Å²) in [4.78, 5) is 10.8. The molecule has 0 spiro atoms. The zero-order valence-electron chi connectivity index (χ0n) is 5.73. The van der Waals surface area contributed by atoms with E-state index in [1.807, 2.05) is 6.92 Å². The fraction of sp³-hybridized carbons (Fsp3) is 0.571. The first kappa shape index (κ1) is 6.33. The van der Waals surface area contributed by atoms with Crippen LogP contribution < -0.4 is 0 Å². The van der Waals surface area contributed by atoms with Gasteiger partial charge in [-0.2, -0.15) is 0 Å². The van der Waals surface area contributed by atoms with Crippen LogP contribution in [0, 0.1) is 0 Å². The minimum atomic E-state index is 0.148. The van der Waals surface area contributed by atoms with Crippen LogP contribution in [0.15, 0.2) is 11.3 Å². The van der Waals surface area contributed by atoms with E-state index < -0.39 is 0 Å². The number of methoxy groups -OCH3 is 1. The first-order valence-electron chi connectivity index (χ1n) is 3.02. The topological polar surface area (TPSA) is 26.3 Å². The molecule has 2 nitrogen and oxygen atoms in total. The monoisotopic (exact) mass is 126 g/mol. The van der Waals surface area contributed by atoms with E-state index >= 15 is 0 Å². The Hall–Kier alpha value is -0.790. The van der Waals surface area contributed by atoms with Gasteiger partial charge in [-0.25, -0.2) is 0 Å². The number of hydrogen-bond acceptors (Lipinski definition) is 2. The number of hydrogen-bond donors (Lipinski definition) is 0. The highest BCUT2D eigenvalue weighted by atomic mass is 16.5. The Morgan fingerprint density at radius 3 is 2.33 bits per heavy atom. The molecular formula is C7H10O2. The van der Waals surface area contributed by atoms with Crippen molar-refractivity contribution in [3.8, 4) is 0 Å². The predicted molar refractivity (Wildman–Crippen MR) is 33.9 cm³/mol. The Bertz CT molecular complexity index is 168. The molecule has 2 heteroatoms. The summed E-state index contributed by atoms with van der Waals surface area (Å²) in [5.41, 5.74) is 1.09. The van der Waals surface area contributed by atoms with Gasteiger partial charge in [0.1, 0.15) is 0 Å². The summed E-state index contributed by atoms with van der Waals surface area (Å²) < 4.78 is 4.87. The second-order valence-electron chi connectivity index (χ2n) is 2.24. The highest BCUT2D eigenvalue weighted by molar-refractivity contribution is 5.96. The highest BCUT2D eigenvalue weighted by Gasteiger charge is 2.19. The zero-order valence-corrected chi connectivity index (χ0v) is 5.73. The van der Waals surface area contributed by atoms with Crippen molar-refractivity contribution >= 4 is 5.78 Å². The second-order valence-corrected chi connectivity index (χ2v) is 2.24. The highest BCUT2D eigenvalue weighted by Crippen LogP contribution is 2.21. The van der Waals surface area contributed by atoms with Crippen LogP contribution in [0.25, 0.3) is 0 Å². The molecule has 0 saturated heterocycles. The first-order valence-corrected chi connectivity index (χ1v) is 3.02. The van der Waals surface area contributed by atoms with Crippen molar-refractivity contribution in [3.05, 3.63) is 11.3 Å².